The van der Waals surface area contributed by atoms with Crippen LogP contribution in [0.15, 0.2) is 24.3 Å². The van der Waals surface area contributed by atoms with Crippen LogP contribution in [0.2, 0.25) is 0 Å². The number of nitrogens with one attached hydrogen (secondary N) is 1. The zero-order chi connectivity index (χ0) is 15.1. The standard InChI is InChI=1S/C17H26N2O2/c1-2-15(19-16-6-4-3-5-7-16)12-21-17(20)13-8-10-14(18)11-9-13/h8-11,15-16,19H,2-7,12,18H2,1H3. The predicted octanol–water partition coefficient (Wildman–Crippen LogP) is 3.13. The number of nitrogens with two attached hydrogens (primary N) is 1. The fourth-order valence-corrected chi connectivity index (χ4v) is 2.77. The van der Waals surface area contributed by atoms with Crippen LogP contribution in [-0.2, 0) is 4.74 Å². The van der Waals surface area contributed by atoms with E-state index in [1.165, 1.54) is 32.1 Å². The van der Waals surface area contributed by atoms with Gasteiger partial charge in [0.2, 0.25) is 0 Å². The predicted molar refractivity (Wildman–Crippen MR) is 85.2 cm³/mol. The third kappa shape index (κ3) is 5.05. The van der Waals surface area contributed by atoms with Gasteiger partial charge in [-0.25, -0.2) is 4.79 Å². The van der Waals surface area contributed by atoms with Gasteiger partial charge in [0.05, 0.1) is 5.56 Å². The molecule has 1 aliphatic rings. The van der Waals surface area contributed by atoms with Gasteiger partial charge in [0, 0.05) is 17.8 Å². The van der Waals surface area contributed by atoms with E-state index in [1.807, 2.05) is 0 Å². The third-order valence-electron chi connectivity index (χ3n) is 4.13. The molecule has 3 N–H and O–H groups in total. The van der Waals surface area contributed by atoms with Crippen molar-refractivity contribution in [3.05, 3.63) is 29.8 Å². The van der Waals surface area contributed by atoms with Crippen LogP contribution in [0.4, 0.5) is 5.69 Å². The number of nitrogen functional groups attached to an aromatic ring is 1. The minimum Gasteiger partial charge on any atom is -0.460 e. The van der Waals surface area contributed by atoms with Crippen molar-refractivity contribution >= 4 is 11.7 Å². The summed E-state index contributed by atoms with van der Waals surface area (Å²) in [4.78, 5) is 12.0. The second kappa shape index (κ2) is 8.03. The number of carbonyl (C=O) groups is 1. The second-order valence-corrected chi connectivity index (χ2v) is 5.83. The zero-order valence-electron chi connectivity index (χ0n) is 12.8. The first kappa shape index (κ1) is 15.8. The molecule has 4 nitrogen and oxygen atoms in total. The highest BCUT2D eigenvalue weighted by Gasteiger charge is 2.18. The van der Waals surface area contributed by atoms with E-state index in [-0.39, 0.29) is 12.0 Å². The summed E-state index contributed by atoms with van der Waals surface area (Å²) in [7, 11) is 0. The molecule has 0 bridgehead atoms. The van der Waals surface area contributed by atoms with Gasteiger partial charge < -0.3 is 15.8 Å². The highest BCUT2D eigenvalue weighted by molar-refractivity contribution is 5.89. The van der Waals surface area contributed by atoms with Crippen LogP contribution in [0.25, 0.3) is 0 Å². The molecule has 0 radical (unpaired) electrons. The van der Waals surface area contributed by atoms with Crippen LogP contribution in [0.5, 0.6) is 0 Å². The maximum Gasteiger partial charge on any atom is 0.338 e. The zero-order valence-corrected chi connectivity index (χ0v) is 12.8. The first-order valence-corrected chi connectivity index (χ1v) is 7.97. The second-order valence-electron chi connectivity index (χ2n) is 5.83. The lowest BCUT2D eigenvalue weighted by Gasteiger charge is -2.27. The molecule has 1 unspecified atom stereocenters. The van der Waals surface area contributed by atoms with Crippen LogP contribution in [0, 0.1) is 0 Å². The largest absolute Gasteiger partial charge is 0.460 e. The summed E-state index contributed by atoms with van der Waals surface area (Å²) in [6.07, 6.45) is 7.40. The van der Waals surface area contributed by atoms with Crippen LogP contribution in [0.1, 0.15) is 55.8 Å². The number of benzene rings is 1. The van der Waals surface area contributed by atoms with Gasteiger partial charge in [0.25, 0.3) is 0 Å². The molecule has 21 heavy (non-hydrogen) atoms. The Morgan fingerprint density at radius 1 is 1.29 bits per heavy atom. The van der Waals surface area contributed by atoms with Gasteiger partial charge in [-0.3, -0.25) is 0 Å². The van der Waals surface area contributed by atoms with E-state index in [2.05, 4.69) is 12.2 Å². The molecule has 1 fully saturated rings. The van der Waals surface area contributed by atoms with E-state index in [0.717, 1.165) is 6.42 Å². The summed E-state index contributed by atoms with van der Waals surface area (Å²) in [6.45, 7) is 2.55. The van der Waals surface area contributed by atoms with Gasteiger partial charge in [0.1, 0.15) is 6.61 Å². The van der Waals surface area contributed by atoms with E-state index >= 15 is 0 Å². The Hall–Kier alpha value is -1.55. The molecule has 1 aliphatic carbocycles. The van der Waals surface area contributed by atoms with E-state index in [4.69, 9.17) is 10.5 Å². The fourth-order valence-electron chi connectivity index (χ4n) is 2.77. The van der Waals surface area contributed by atoms with Crippen LogP contribution in [0.3, 0.4) is 0 Å². The van der Waals surface area contributed by atoms with Gasteiger partial charge in [-0.2, -0.15) is 0 Å². The lowest BCUT2D eigenvalue weighted by molar-refractivity contribution is 0.0453. The fraction of sp³-hybridized carbons (Fsp3) is 0.588. The van der Waals surface area contributed by atoms with Gasteiger partial charge in [-0.15, -0.1) is 0 Å². The lowest BCUT2D eigenvalue weighted by atomic mass is 9.95. The molecule has 1 aromatic rings. The normalized spacial score (nSPS) is 17.4. The van der Waals surface area contributed by atoms with Crippen molar-refractivity contribution in [3.8, 4) is 0 Å². The lowest BCUT2D eigenvalue weighted by Crippen LogP contribution is -2.42. The highest BCUT2D eigenvalue weighted by Crippen LogP contribution is 2.18. The molecule has 0 saturated heterocycles. The maximum absolute atomic E-state index is 12.0. The molecule has 4 heteroatoms. The smallest absolute Gasteiger partial charge is 0.338 e. The first-order chi connectivity index (χ1) is 10.2. The van der Waals surface area contributed by atoms with Crippen molar-refractivity contribution < 1.29 is 9.53 Å². The summed E-state index contributed by atoms with van der Waals surface area (Å²) >= 11 is 0. The van der Waals surface area contributed by atoms with Crippen molar-refractivity contribution in [3.63, 3.8) is 0 Å². The van der Waals surface area contributed by atoms with Crippen LogP contribution < -0.4 is 11.1 Å². The quantitative estimate of drug-likeness (QED) is 0.624. The van der Waals surface area contributed by atoms with Gasteiger partial charge in [-0.05, 0) is 43.5 Å². The molecule has 0 amide bonds. The van der Waals surface area contributed by atoms with E-state index in [0.29, 0.717) is 23.9 Å². The first-order valence-electron chi connectivity index (χ1n) is 7.97. The van der Waals surface area contributed by atoms with Crippen molar-refractivity contribution in [2.45, 2.75) is 57.5 Å². The van der Waals surface area contributed by atoms with Crippen molar-refractivity contribution in [1.29, 1.82) is 0 Å². The average Bonchev–Trinajstić information content (AvgIpc) is 2.52. The third-order valence-corrected chi connectivity index (χ3v) is 4.13. The molecular weight excluding hydrogens is 264 g/mol. The molecule has 1 saturated carbocycles. The Balaban J connectivity index is 1.79. The molecule has 2 rings (SSSR count). The molecule has 1 atom stereocenters. The summed E-state index contributed by atoms with van der Waals surface area (Å²) < 4.78 is 5.42. The molecule has 1 aromatic carbocycles. The van der Waals surface area contributed by atoms with Gasteiger partial charge in [0.15, 0.2) is 0 Å². The van der Waals surface area contributed by atoms with E-state index in [1.54, 1.807) is 24.3 Å². The summed E-state index contributed by atoms with van der Waals surface area (Å²) in [5, 5.41) is 3.62. The summed E-state index contributed by atoms with van der Waals surface area (Å²) in [6, 6.07) is 7.66. The number of hydrogen-bond acceptors (Lipinski definition) is 4. The number of rotatable bonds is 6. The van der Waals surface area contributed by atoms with Gasteiger partial charge in [-0.1, -0.05) is 26.2 Å². The molecule has 0 spiro atoms. The highest BCUT2D eigenvalue weighted by atomic mass is 16.5. The van der Waals surface area contributed by atoms with Crippen molar-refractivity contribution in [2.24, 2.45) is 0 Å². The minimum atomic E-state index is -0.279. The van der Waals surface area contributed by atoms with Crippen LogP contribution in [-0.4, -0.2) is 24.7 Å². The van der Waals surface area contributed by atoms with E-state index in [9.17, 15) is 4.79 Å². The number of carbonyl (C=O) groups excluding carboxylic acids is 1. The Morgan fingerprint density at radius 3 is 2.57 bits per heavy atom. The maximum atomic E-state index is 12.0. The average molecular weight is 290 g/mol. The molecule has 0 aliphatic heterocycles. The van der Waals surface area contributed by atoms with Crippen molar-refractivity contribution in [2.75, 3.05) is 12.3 Å². The Morgan fingerprint density at radius 2 is 1.95 bits per heavy atom. The number of hydrogen-bond donors (Lipinski definition) is 2. The summed E-state index contributed by atoms with van der Waals surface area (Å²) in [5.41, 5.74) is 6.81. The Bertz CT molecular complexity index is 439. The molecule has 0 heterocycles. The van der Waals surface area contributed by atoms with Crippen LogP contribution >= 0.6 is 0 Å². The van der Waals surface area contributed by atoms with Gasteiger partial charge >= 0.3 is 5.97 Å². The molecule has 0 aromatic heterocycles. The summed E-state index contributed by atoms with van der Waals surface area (Å²) in [5.74, 6) is -0.279. The Kier molecular flexibility index (Phi) is 6.05. The van der Waals surface area contributed by atoms with Crippen molar-refractivity contribution in [1.82, 2.24) is 5.32 Å². The molecule has 116 valence electrons. The Labute approximate surface area is 127 Å². The monoisotopic (exact) mass is 290 g/mol. The minimum absolute atomic E-state index is 0.242. The number of ether oxygens (including phenoxy) is 1. The topological polar surface area (TPSA) is 64.3 Å². The molecular formula is C17H26N2O2. The SMILES string of the molecule is CCC(COC(=O)c1ccc(N)cc1)NC1CCCCC1. The van der Waals surface area contributed by atoms with E-state index < -0.39 is 0 Å². The number of anilines is 1. The number of esters is 1.